The lowest BCUT2D eigenvalue weighted by atomic mass is 10.2. The van der Waals surface area contributed by atoms with E-state index in [1.807, 2.05) is 0 Å². The fraction of sp³-hybridized carbons (Fsp3) is 0.800. The molecule has 0 nitrogen and oxygen atoms in total. The fourth-order valence-electron chi connectivity index (χ4n) is 0. The van der Waals surface area contributed by atoms with Crippen LogP contribution in [0.25, 0.3) is 0 Å². The Kier molecular flexibility index (Phi) is 2.25. The normalized spacial score (nSPS) is 9.60. The molecular weight excluding hydrogens is 60.1 g/mol. The van der Waals surface area contributed by atoms with Gasteiger partial charge in [0, 0.05) is 0 Å². The largest absolute Gasteiger partial charge is 0.0625 e. The zero-order valence-corrected chi connectivity index (χ0v) is 4.15. The van der Waals surface area contributed by atoms with Gasteiger partial charge in [-0.05, 0) is 12.3 Å². The summed E-state index contributed by atoms with van der Waals surface area (Å²) < 4.78 is 0. The molecule has 0 heterocycles. The van der Waals surface area contributed by atoms with Crippen LogP contribution >= 0.6 is 0 Å². The van der Waals surface area contributed by atoms with E-state index < -0.39 is 0 Å². The molecule has 0 fully saturated rings. The van der Waals surface area contributed by atoms with Crippen molar-refractivity contribution in [2.45, 2.75) is 20.8 Å². The first kappa shape index (κ1) is 5.00. The monoisotopic (exact) mass is 71.1 g/mol. The fourth-order valence-corrected chi connectivity index (χ4v) is 0. The van der Waals surface area contributed by atoms with Gasteiger partial charge in [-0.25, -0.2) is 0 Å². The van der Waals surface area contributed by atoms with Gasteiger partial charge in [0.05, 0.1) is 0 Å². The second-order valence-electron chi connectivity index (χ2n) is 1.58. The van der Waals surface area contributed by atoms with Gasteiger partial charge in [0.25, 0.3) is 0 Å². The summed E-state index contributed by atoms with van der Waals surface area (Å²) >= 11 is 0. The first-order chi connectivity index (χ1) is 2.27. The first-order valence-electron chi connectivity index (χ1n) is 2.07. The van der Waals surface area contributed by atoms with E-state index in [-0.39, 0.29) is 0 Å². The van der Waals surface area contributed by atoms with Crippen molar-refractivity contribution in [1.29, 1.82) is 0 Å². The summed E-state index contributed by atoms with van der Waals surface area (Å²) in [5.41, 5.74) is 0. The molecule has 0 aromatic heterocycles. The van der Waals surface area contributed by atoms with E-state index in [2.05, 4.69) is 27.2 Å². The summed E-state index contributed by atoms with van der Waals surface area (Å²) in [6.07, 6.45) is 2.17. The molecule has 31 valence electrons. The van der Waals surface area contributed by atoms with Crippen molar-refractivity contribution in [3.05, 3.63) is 6.42 Å². The van der Waals surface area contributed by atoms with Gasteiger partial charge < -0.3 is 0 Å². The van der Waals surface area contributed by atoms with Crippen LogP contribution in [0.1, 0.15) is 20.8 Å². The molecule has 0 aliphatic rings. The van der Waals surface area contributed by atoms with Crippen LogP contribution in [0.5, 0.6) is 0 Å². The van der Waals surface area contributed by atoms with Gasteiger partial charge in [-0.3, -0.25) is 0 Å². The van der Waals surface area contributed by atoms with E-state index in [4.69, 9.17) is 0 Å². The smallest absolute Gasteiger partial charge is 0.0391 e. The standard InChI is InChI=1S/C5H11/c1-4-5(2)3/h4-5H,1-3H3. The van der Waals surface area contributed by atoms with Crippen molar-refractivity contribution >= 4 is 0 Å². The van der Waals surface area contributed by atoms with Crippen molar-refractivity contribution in [2.24, 2.45) is 5.92 Å². The minimum atomic E-state index is 0.759. The average molecular weight is 71.1 g/mol. The highest BCUT2D eigenvalue weighted by molar-refractivity contribution is 4.58. The van der Waals surface area contributed by atoms with Crippen molar-refractivity contribution < 1.29 is 0 Å². The minimum Gasteiger partial charge on any atom is -0.0625 e. The molecule has 0 rings (SSSR count). The number of hydrogen-bond acceptors (Lipinski definition) is 0. The Hall–Kier alpha value is 0. The van der Waals surface area contributed by atoms with Crippen LogP contribution in [0.4, 0.5) is 0 Å². The quantitative estimate of drug-likeness (QED) is 0.442. The zero-order chi connectivity index (χ0) is 4.28. The minimum absolute atomic E-state index is 0.759. The summed E-state index contributed by atoms with van der Waals surface area (Å²) in [6.45, 7) is 6.41. The molecule has 0 saturated carbocycles. The third-order valence-electron chi connectivity index (χ3n) is 0.667. The molecule has 0 aliphatic carbocycles. The maximum atomic E-state index is 2.17. The molecule has 0 spiro atoms. The van der Waals surface area contributed by atoms with Gasteiger partial charge in [-0.2, -0.15) is 0 Å². The zero-order valence-electron chi connectivity index (χ0n) is 4.15. The lowest BCUT2D eigenvalue weighted by Crippen LogP contribution is -1.78. The molecule has 0 saturated heterocycles. The summed E-state index contributed by atoms with van der Waals surface area (Å²) in [5.74, 6) is 0.759. The van der Waals surface area contributed by atoms with E-state index in [9.17, 15) is 0 Å². The second kappa shape index (κ2) is 2.25. The molecule has 0 aromatic carbocycles. The summed E-state index contributed by atoms with van der Waals surface area (Å²) in [4.78, 5) is 0. The molecule has 0 aliphatic heterocycles. The maximum absolute atomic E-state index is 2.17. The lowest BCUT2D eigenvalue weighted by Gasteiger charge is -1.90. The van der Waals surface area contributed by atoms with Gasteiger partial charge in [0.1, 0.15) is 0 Å². The van der Waals surface area contributed by atoms with E-state index >= 15 is 0 Å². The Labute approximate surface area is 34.2 Å². The van der Waals surface area contributed by atoms with Crippen LogP contribution in [-0.2, 0) is 0 Å². The van der Waals surface area contributed by atoms with Gasteiger partial charge >= 0.3 is 0 Å². The Morgan fingerprint density at radius 1 is 1.40 bits per heavy atom. The second-order valence-corrected chi connectivity index (χ2v) is 1.58. The highest BCUT2D eigenvalue weighted by Crippen LogP contribution is 1.92. The molecule has 0 unspecified atom stereocenters. The van der Waals surface area contributed by atoms with Crippen molar-refractivity contribution in [3.63, 3.8) is 0 Å². The van der Waals surface area contributed by atoms with E-state index in [1.165, 1.54) is 0 Å². The molecule has 0 bridgehead atoms. The maximum Gasteiger partial charge on any atom is -0.0391 e. The Balaban J connectivity index is 2.54. The van der Waals surface area contributed by atoms with E-state index in [0.29, 0.717) is 0 Å². The molecule has 0 heteroatoms. The van der Waals surface area contributed by atoms with Crippen LogP contribution in [0.3, 0.4) is 0 Å². The highest BCUT2D eigenvalue weighted by Gasteiger charge is 1.80. The Morgan fingerprint density at radius 2 is 1.60 bits per heavy atom. The summed E-state index contributed by atoms with van der Waals surface area (Å²) in [7, 11) is 0. The van der Waals surface area contributed by atoms with Crippen LogP contribution in [0.2, 0.25) is 0 Å². The molecule has 5 heavy (non-hydrogen) atoms. The van der Waals surface area contributed by atoms with Crippen molar-refractivity contribution in [3.8, 4) is 0 Å². The predicted molar refractivity (Wildman–Crippen MR) is 24.8 cm³/mol. The third-order valence-corrected chi connectivity index (χ3v) is 0.667. The van der Waals surface area contributed by atoms with Gasteiger partial charge in [-0.15, -0.1) is 0 Å². The van der Waals surface area contributed by atoms with E-state index in [0.717, 1.165) is 5.92 Å². The Morgan fingerprint density at radius 3 is 1.60 bits per heavy atom. The topological polar surface area (TPSA) is 0 Å². The van der Waals surface area contributed by atoms with Gasteiger partial charge in [0.2, 0.25) is 0 Å². The molecule has 0 atom stereocenters. The van der Waals surface area contributed by atoms with Gasteiger partial charge in [-0.1, -0.05) is 20.8 Å². The van der Waals surface area contributed by atoms with Crippen LogP contribution in [0.15, 0.2) is 0 Å². The Bertz CT molecular complexity index is 14.0. The summed E-state index contributed by atoms with van der Waals surface area (Å²) in [5, 5.41) is 0. The SMILES string of the molecule is C[CH]C(C)C. The van der Waals surface area contributed by atoms with E-state index in [1.54, 1.807) is 0 Å². The van der Waals surface area contributed by atoms with Crippen LogP contribution < -0.4 is 0 Å². The van der Waals surface area contributed by atoms with Crippen LogP contribution in [-0.4, -0.2) is 0 Å². The predicted octanol–water partition coefficient (Wildman–Crippen LogP) is 1.87. The summed E-state index contributed by atoms with van der Waals surface area (Å²) in [6, 6.07) is 0. The lowest BCUT2D eigenvalue weighted by molar-refractivity contribution is 0.762. The molecule has 0 N–H and O–H groups in total. The molecule has 0 amide bonds. The third kappa shape index (κ3) is 4.00. The number of hydrogen-bond donors (Lipinski definition) is 0. The average Bonchev–Trinajstić information content (AvgIpc) is 1.38. The van der Waals surface area contributed by atoms with Crippen LogP contribution in [0, 0.1) is 12.3 Å². The molecule has 0 aromatic rings. The first-order valence-corrected chi connectivity index (χ1v) is 2.07. The van der Waals surface area contributed by atoms with Crippen molar-refractivity contribution in [1.82, 2.24) is 0 Å². The highest BCUT2D eigenvalue weighted by atomic mass is 13.9. The molecular formula is C5H11. The van der Waals surface area contributed by atoms with Gasteiger partial charge in [0.15, 0.2) is 0 Å². The molecule has 1 radical (unpaired) electrons. The number of rotatable bonds is 1. The van der Waals surface area contributed by atoms with Crippen molar-refractivity contribution in [2.75, 3.05) is 0 Å².